The van der Waals surface area contributed by atoms with Crippen molar-refractivity contribution in [3.63, 3.8) is 0 Å². The number of anilines is 3. The third kappa shape index (κ3) is 2.52. The topological polar surface area (TPSA) is 75.3 Å². The lowest BCUT2D eigenvalue weighted by atomic mass is 10.1. The number of aromatic carboxylic acids is 1. The standard InChI is InChI=1S/C15H16N2O2/c1-9-5-3-7-12(16)14(9)17-13-8-4-6-11(10(13)2)15(18)19/h3-8,17H,16H2,1-2H3,(H,18,19). The zero-order valence-electron chi connectivity index (χ0n) is 10.9. The Kier molecular flexibility index (Phi) is 3.42. The summed E-state index contributed by atoms with van der Waals surface area (Å²) in [4.78, 5) is 11.1. The van der Waals surface area contributed by atoms with Gasteiger partial charge in [0.15, 0.2) is 0 Å². The van der Waals surface area contributed by atoms with Crippen molar-refractivity contribution in [3.05, 3.63) is 53.1 Å². The number of nitrogens with two attached hydrogens (primary N) is 1. The van der Waals surface area contributed by atoms with Gasteiger partial charge in [0.25, 0.3) is 0 Å². The monoisotopic (exact) mass is 256 g/mol. The van der Waals surface area contributed by atoms with Gasteiger partial charge in [0.05, 0.1) is 16.9 Å². The summed E-state index contributed by atoms with van der Waals surface area (Å²) in [7, 11) is 0. The van der Waals surface area contributed by atoms with Crippen LogP contribution in [-0.4, -0.2) is 11.1 Å². The third-order valence-electron chi connectivity index (χ3n) is 3.13. The maximum Gasteiger partial charge on any atom is 0.336 e. The molecule has 0 aliphatic carbocycles. The number of carbonyl (C=O) groups is 1. The first-order valence-corrected chi connectivity index (χ1v) is 5.95. The van der Waals surface area contributed by atoms with E-state index in [-0.39, 0.29) is 5.56 Å². The molecule has 0 bridgehead atoms. The molecule has 0 aromatic heterocycles. The maximum atomic E-state index is 11.1. The Morgan fingerprint density at radius 2 is 1.84 bits per heavy atom. The molecule has 0 saturated heterocycles. The van der Waals surface area contributed by atoms with Gasteiger partial charge < -0.3 is 16.2 Å². The SMILES string of the molecule is Cc1cccc(N)c1Nc1cccc(C(=O)O)c1C. The Morgan fingerprint density at radius 3 is 2.47 bits per heavy atom. The zero-order chi connectivity index (χ0) is 14.0. The first-order valence-electron chi connectivity index (χ1n) is 5.95. The molecular formula is C15H16N2O2. The van der Waals surface area contributed by atoms with Gasteiger partial charge in [-0.1, -0.05) is 18.2 Å². The van der Waals surface area contributed by atoms with E-state index in [1.807, 2.05) is 31.2 Å². The lowest BCUT2D eigenvalue weighted by Gasteiger charge is -2.15. The number of para-hydroxylation sites is 1. The highest BCUT2D eigenvalue weighted by Gasteiger charge is 2.11. The zero-order valence-corrected chi connectivity index (χ0v) is 10.9. The van der Waals surface area contributed by atoms with Crippen molar-refractivity contribution >= 4 is 23.0 Å². The van der Waals surface area contributed by atoms with Crippen molar-refractivity contribution in [2.24, 2.45) is 0 Å². The maximum absolute atomic E-state index is 11.1. The van der Waals surface area contributed by atoms with Crippen LogP contribution in [0.5, 0.6) is 0 Å². The minimum atomic E-state index is -0.932. The number of carboxylic acid groups (broad SMARTS) is 1. The van der Waals surface area contributed by atoms with Crippen LogP contribution in [0.2, 0.25) is 0 Å². The van der Waals surface area contributed by atoms with Crippen molar-refractivity contribution in [1.82, 2.24) is 0 Å². The van der Waals surface area contributed by atoms with Crippen LogP contribution in [-0.2, 0) is 0 Å². The number of benzene rings is 2. The number of nitrogen functional groups attached to an aromatic ring is 1. The number of hydrogen-bond donors (Lipinski definition) is 3. The second-order valence-electron chi connectivity index (χ2n) is 4.45. The Labute approximate surface area is 111 Å². The summed E-state index contributed by atoms with van der Waals surface area (Å²) in [6, 6.07) is 10.8. The predicted octanol–water partition coefficient (Wildman–Crippen LogP) is 3.33. The summed E-state index contributed by atoms with van der Waals surface area (Å²) in [5.74, 6) is -0.932. The number of carboxylic acids is 1. The Bertz CT molecular complexity index is 616. The fourth-order valence-corrected chi connectivity index (χ4v) is 2.00. The van der Waals surface area contributed by atoms with Gasteiger partial charge in [0.1, 0.15) is 0 Å². The molecule has 2 aromatic carbocycles. The highest BCUT2D eigenvalue weighted by atomic mass is 16.4. The molecule has 4 N–H and O–H groups in total. The van der Waals surface area contributed by atoms with Gasteiger partial charge in [-0.2, -0.15) is 0 Å². The van der Waals surface area contributed by atoms with Crippen molar-refractivity contribution < 1.29 is 9.90 Å². The van der Waals surface area contributed by atoms with Gasteiger partial charge >= 0.3 is 5.97 Å². The van der Waals surface area contributed by atoms with Gasteiger partial charge in [-0.15, -0.1) is 0 Å². The Balaban J connectivity index is 2.45. The van der Waals surface area contributed by atoms with Crippen molar-refractivity contribution in [1.29, 1.82) is 0 Å². The molecule has 0 unspecified atom stereocenters. The van der Waals surface area contributed by atoms with Gasteiger partial charge in [0.2, 0.25) is 0 Å². The molecular weight excluding hydrogens is 240 g/mol. The van der Waals surface area contributed by atoms with E-state index in [4.69, 9.17) is 10.8 Å². The van der Waals surface area contributed by atoms with Gasteiger partial charge in [-0.05, 0) is 43.2 Å². The number of hydrogen-bond acceptors (Lipinski definition) is 3. The number of aryl methyl sites for hydroxylation is 1. The van der Waals surface area contributed by atoms with Crippen molar-refractivity contribution in [2.45, 2.75) is 13.8 Å². The molecule has 0 aliphatic heterocycles. The highest BCUT2D eigenvalue weighted by molar-refractivity contribution is 5.92. The smallest absolute Gasteiger partial charge is 0.336 e. The molecule has 4 heteroatoms. The quantitative estimate of drug-likeness (QED) is 0.736. The fourth-order valence-electron chi connectivity index (χ4n) is 2.00. The first-order chi connectivity index (χ1) is 9.00. The van der Waals surface area contributed by atoms with Crippen LogP contribution >= 0.6 is 0 Å². The van der Waals surface area contributed by atoms with Crippen LogP contribution < -0.4 is 11.1 Å². The first kappa shape index (κ1) is 13.0. The van der Waals surface area contributed by atoms with E-state index >= 15 is 0 Å². The van der Waals surface area contributed by atoms with Gasteiger partial charge in [0, 0.05) is 5.69 Å². The molecule has 0 radical (unpaired) electrons. The molecule has 19 heavy (non-hydrogen) atoms. The van der Waals surface area contributed by atoms with Crippen LogP contribution in [0.15, 0.2) is 36.4 Å². The molecule has 0 atom stereocenters. The predicted molar refractivity (Wildman–Crippen MR) is 77.0 cm³/mol. The molecule has 0 fully saturated rings. The molecule has 98 valence electrons. The van der Waals surface area contributed by atoms with E-state index < -0.39 is 5.97 Å². The van der Waals surface area contributed by atoms with E-state index in [9.17, 15) is 4.79 Å². The summed E-state index contributed by atoms with van der Waals surface area (Å²) in [6.45, 7) is 3.73. The van der Waals surface area contributed by atoms with Crippen LogP contribution in [0, 0.1) is 13.8 Å². The minimum absolute atomic E-state index is 0.289. The number of nitrogens with one attached hydrogen (secondary N) is 1. The molecule has 4 nitrogen and oxygen atoms in total. The summed E-state index contributed by atoms with van der Waals surface area (Å²) in [5, 5.41) is 12.3. The second kappa shape index (κ2) is 5.02. The van der Waals surface area contributed by atoms with Crippen LogP contribution in [0.3, 0.4) is 0 Å². The lowest BCUT2D eigenvalue weighted by Crippen LogP contribution is -2.04. The average Bonchev–Trinajstić information content (AvgIpc) is 2.35. The van der Waals surface area contributed by atoms with Gasteiger partial charge in [-0.25, -0.2) is 4.79 Å². The van der Waals surface area contributed by atoms with Crippen molar-refractivity contribution in [3.8, 4) is 0 Å². The van der Waals surface area contributed by atoms with Gasteiger partial charge in [-0.3, -0.25) is 0 Å². The Morgan fingerprint density at radius 1 is 1.16 bits per heavy atom. The van der Waals surface area contributed by atoms with E-state index in [0.29, 0.717) is 11.3 Å². The molecule has 0 saturated carbocycles. The Hall–Kier alpha value is -2.49. The average molecular weight is 256 g/mol. The molecule has 0 amide bonds. The van der Waals surface area contributed by atoms with E-state index in [1.165, 1.54) is 0 Å². The lowest BCUT2D eigenvalue weighted by molar-refractivity contribution is 0.0696. The molecule has 0 spiro atoms. The molecule has 0 heterocycles. The van der Waals surface area contributed by atoms with Crippen molar-refractivity contribution in [2.75, 3.05) is 11.1 Å². The van der Waals surface area contributed by atoms with Crippen LogP contribution in [0.25, 0.3) is 0 Å². The number of rotatable bonds is 3. The van der Waals surface area contributed by atoms with E-state index in [2.05, 4.69) is 5.32 Å². The third-order valence-corrected chi connectivity index (χ3v) is 3.13. The van der Waals surface area contributed by atoms with E-state index in [0.717, 1.165) is 16.9 Å². The largest absolute Gasteiger partial charge is 0.478 e. The molecule has 0 aliphatic rings. The van der Waals surface area contributed by atoms with Crippen LogP contribution in [0.4, 0.5) is 17.1 Å². The van der Waals surface area contributed by atoms with Crippen LogP contribution in [0.1, 0.15) is 21.5 Å². The second-order valence-corrected chi connectivity index (χ2v) is 4.45. The summed E-state index contributed by atoms with van der Waals surface area (Å²) in [6.07, 6.45) is 0. The summed E-state index contributed by atoms with van der Waals surface area (Å²) >= 11 is 0. The molecule has 2 rings (SSSR count). The van der Waals surface area contributed by atoms with E-state index in [1.54, 1.807) is 19.1 Å². The summed E-state index contributed by atoms with van der Waals surface area (Å²) in [5.41, 5.74) is 10.1. The highest BCUT2D eigenvalue weighted by Crippen LogP contribution is 2.29. The minimum Gasteiger partial charge on any atom is -0.478 e. The summed E-state index contributed by atoms with van der Waals surface area (Å²) < 4.78 is 0. The fraction of sp³-hybridized carbons (Fsp3) is 0.133. The molecule has 2 aromatic rings. The normalized spacial score (nSPS) is 10.2.